The number of carbonyl (C=O) groups excluding carboxylic acids is 1. The standard InChI is InChI=1S/C20H22BrN5O3S/c21-15-3-4-18-17(11-15)14(12-22)10-19(24-18)26-5-1-2-16(13-26)23-20(27)25-6-8-30(28,29)9-7-25/h3-4,10-11,16H,1-2,5-9,13H2,(H,23,27)/t16-/m0/s1. The first kappa shape index (κ1) is 20.9. The van der Waals surface area contributed by atoms with Gasteiger partial charge in [0.2, 0.25) is 0 Å². The predicted octanol–water partition coefficient (Wildman–Crippen LogP) is 2.28. The Morgan fingerprint density at radius 2 is 2.00 bits per heavy atom. The van der Waals surface area contributed by atoms with Crippen LogP contribution in [0.2, 0.25) is 0 Å². The molecule has 0 bridgehead atoms. The van der Waals surface area contributed by atoms with Gasteiger partial charge >= 0.3 is 6.03 Å². The fraction of sp³-hybridized carbons (Fsp3) is 0.450. The number of sulfone groups is 1. The number of urea groups is 1. The van der Waals surface area contributed by atoms with E-state index in [9.17, 15) is 18.5 Å². The van der Waals surface area contributed by atoms with Gasteiger partial charge in [-0.1, -0.05) is 15.9 Å². The Hall–Kier alpha value is -2.38. The minimum absolute atomic E-state index is 0.0191. The topological polar surface area (TPSA) is 106 Å². The Kier molecular flexibility index (Phi) is 5.84. The summed E-state index contributed by atoms with van der Waals surface area (Å²) >= 11 is 3.44. The summed E-state index contributed by atoms with van der Waals surface area (Å²) < 4.78 is 24.0. The predicted molar refractivity (Wildman–Crippen MR) is 118 cm³/mol. The average Bonchev–Trinajstić information content (AvgIpc) is 2.73. The summed E-state index contributed by atoms with van der Waals surface area (Å²) in [4.78, 5) is 21.0. The van der Waals surface area contributed by atoms with Crippen molar-refractivity contribution in [2.45, 2.75) is 18.9 Å². The average molecular weight is 492 g/mol. The van der Waals surface area contributed by atoms with Crippen molar-refractivity contribution in [2.24, 2.45) is 0 Å². The molecule has 0 radical (unpaired) electrons. The number of halogens is 1. The lowest BCUT2D eigenvalue weighted by Crippen LogP contribution is -2.54. The molecule has 2 saturated heterocycles. The number of hydrogen-bond acceptors (Lipinski definition) is 6. The highest BCUT2D eigenvalue weighted by atomic mass is 79.9. The van der Waals surface area contributed by atoms with Crippen molar-refractivity contribution in [2.75, 3.05) is 42.6 Å². The molecule has 10 heteroatoms. The molecule has 0 spiro atoms. The van der Waals surface area contributed by atoms with Gasteiger partial charge in [-0.05, 0) is 37.1 Å². The third kappa shape index (κ3) is 4.52. The number of piperidine rings is 1. The Balaban J connectivity index is 1.47. The van der Waals surface area contributed by atoms with Crippen LogP contribution in [0, 0.1) is 11.3 Å². The molecule has 1 N–H and O–H groups in total. The van der Waals surface area contributed by atoms with E-state index in [1.54, 1.807) is 11.0 Å². The van der Waals surface area contributed by atoms with Gasteiger partial charge in [0.25, 0.3) is 0 Å². The van der Waals surface area contributed by atoms with Gasteiger partial charge in [-0.25, -0.2) is 18.2 Å². The molecule has 1 aromatic heterocycles. The van der Waals surface area contributed by atoms with Gasteiger partial charge in [0.15, 0.2) is 9.84 Å². The summed E-state index contributed by atoms with van der Waals surface area (Å²) in [5.41, 5.74) is 1.32. The van der Waals surface area contributed by atoms with Crippen LogP contribution < -0.4 is 10.2 Å². The highest BCUT2D eigenvalue weighted by Crippen LogP contribution is 2.27. The van der Waals surface area contributed by atoms with E-state index in [2.05, 4.69) is 32.2 Å². The van der Waals surface area contributed by atoms with Gasteiger partial charge in [0.05, 0.1) is 28.7 Å². The summed E-state index contributed by atoms with van der Waals surface area (Å²) in [6.07, 6.45) is 1.74. The molecule has 8 nitrogen and oxygen atoms in total. The summed E-state index contributed by atoms with van der Waals surface area (Å²) in [5, 5.41) is 13.4. The van der Waals surface area contributed by atoms with Crippen LogP contribution in [0.25, 0.3) is 10.9 Å². The third-order valence-corrected chi connectivity index (χ3v) is 7.68. The minimum atomic E-state index is -3.02. The number of fused-ring (bicyclic) bond motifs is 1. The first-order valence-corrected chi connectivity index (χ1v) is 12.5. The van der Waals surface area contributed by atoms with E-state index in [0.29, 0.717) is 12.1 Å². The van der Waals surface area contributed by atoms with E-state index in [1.165, 1.54) is 0 Å². The fourth-order valence-corrected chi connectivity index (χ4v) is 5.49. The van der Waals surface area contributed by atoms with Crippen molar-refractivity contribution in [1.29, 1.82) is 5.26 Å². The van der Waals surface area contributed by atoms with Gasteiger partial charge in [-0.2, -0.15) is 5.26 Å². The van der Waals surface area contributed by atoms with E-state index in [4.69, 9.17) is 4.98 Å². The highest BCUT2D eigenvalue weighted by molar-refractivity contribution is 9.10. The van der Waals surface area contributed by atoms with Gasteiger partial charge in [0, 0.05) is 42.1 Å². The van der Waals surface area contributed by atoms with Crippen LogP contribution in [0.15, 0.2) is 28.7 Å². The lowest BCUT2D eigenvalue weighted by Gasteiger charge is -2.36. The molecule has 1 atom stereocenters. The molecular weight excluding hydrogens is 470 g/mol. The summed E-state index contributed by atoms with van der Waals surface area (Å²) in [7, 11) is -3.02. The molecule has 158 valence electrons. The van der Waals surface area contributed by atoms with Gasteiger partial charge in [-0.15, -0.1) is 0 Å². The lowest BCUT2D eigenvalue weighted by atomic mass is 10.0. The van der Waals surface area contributed by atoms with Crippen LogP contribution >= 0.6 is 15.9 Å². The molecule has 2 amide bonds. The van der Waals surface area contributed by atoms with E-state index in [-0.39, 0.29) is 36.7 Å². The summed E-state index contributed by atoms with van der Waals surface area (Å²) in [6.45, 7) is 1.86. The maximum absolute atomic E-state index is 12.6. The molecule has 0 saturated carbocycles. The molecule has 2 fully saturated rings. The number of anilines is 1. The number of nitrogens with one attached hydrogen (secondary N) is 1. The van der Waals surface area contributed by atoms with Crippen molar-refractivity contribution in [3.8, 4) is 6.07 Å². The fourth-order valence-electron chi connectivity index (χ4n) is 3.92. The number of nitriles is 1. The van der Waals surface area contributed by atoms with Crippen molar-refractivity contribution in [3.63, 3.8) is 0 Å². The molecular formula is C20H22BrN5O3S. The number of amides is 2. The second-order valence-corrected chi connectivity index (χ2v) is 10.9. The molecule has 2 aromatic rings. The summed E-state index contributed by atoms with van der Waals surface area (Å²) in [6, 6.07) is 9.46. The zero-order valence-corrected chi connectivity index (χ0v) is 18.7. The van der Waals surface area contributed by atoms with E-state index >= 15 is 0 Å². The second-order valence-electron chi connectivity index (χ2n) is 7.67. The van der Waals surface area contributed by atoms with Gasteiger partial charge < -0.3 is 15.1 Å². The largest absolute Gasteiger partial charge is 0.355 e. The van der Waals surface area contributed by atoms with Crippen molar-refractivity contribution in [1.82, 2.24) is 15.2 Å². The first-order chi connectivity index (χ1) is 14.3. The molecule has 1 aromatic carbocycles. The number of nitrogens with zero attached hydrogens (tertiary/aromatic N) is 4. The number of rotatable bonds is 2. The second kappa shape index (κ2) is 8.40. The Labute approximate surface area is 183 Å². The van der Waals surface area contributed by atoms with Gasteiger partial charge in [0.1, 0.15) is 5.82 Å². The van der Waals surface area contributed by atoms with Crippen LogP contribution in [0.5, 0.6) is 0 Å². The Bertz CT molecular complexity index is 1120. The van der Waals surface area contributed by atoms with Crippen LogP contribution in [0.4, 0.5) is 10.6 Å². The van der Waals surface area contributed by atoms with Crippen molar-refractivity contribution >= 4 is 48.5 Å². The minimum Gasteiger partial charge on any atom is -0.355 e. The maximum Gasteiger partial charge on any atom is 0.317 e. The number of pyridine rings is 1. The zero-order valence-electron chi connectivity index (χ0n) is 16.3. The first-order valence-electron chi connectivity index (χ1n) is 9.86. The van der Waals surface area contributed by atoms with Crippen LogP contribution in [-0.2, 0) is 9.84 Å². The molecule has 2 aliphatic heterocycles. The number of aromatic nitrogens is 1. The number of hydrogen-bond donors (Lipinski definition) is 1. The molecule has 30 heavy (non-hydrogen) atoms. The Morgan fingerprint density at radius 1 is 1.23 bits per heavy atom. The molecule has 2 aliphatic rings. The molecule has 0 unspecified atom stereocenters. The molecule has 0 aliphatic carbocycles. The van der Waals surface area contributed by atoms with Crippen LogP contribution in [0.3, 0.4) is 0 Å². The highest BCUT2D eigenvalue weighted by Gasteiger charge is 2.28. The third-order valence-electron chi connectivity index (χ3n) is 5.58. The van der Waals surface area contributed by atoms with Crippen LogP contribution in [0.1, 0.15) is 18.4 Å². The van der Waals surface area contributed by atoms with E-state index < -0.39 is 9.84 Å². The van der Waals surface area contributed by atoms with Crippen molar-refractivity contribution < 1.29 is 13.2 Å². The monoisotopic (exact) mass is 491 g/mol. The van der Waals surface area contributed by atoms with E-state index in [1.807, 2.05) is 18.2 Å². The lowest BCUT2D eigenvalue weighted by molar-refractivity contribution is 0.196. The smallest absolute Gasteiger partial charge is 0.317 e. The maximum atomic E-state index is 12.6. The normalized spacial score (nSPS) is 21.3. The number of carbonyl (C=O) groups is 1. The zero-order chi connectivity index (χ0) is 21.3. The SMILES string of the molecule is N#Cc1cc(N2CCC[C@H](NC(=O)N3CCS(=O)(=O)CC3)C2)nc2ccc(Br)cc12. The molecule has 4 rings (SSSR count). The number of benzene rings is 1. The van der Waals surface area contributed by atoms with Crippen LogP contribution in [-0.4, -0.2) is 68.1 Å². The van der Waals surface area contributed by atoms with Gasteiger partial charge in [-0.3, -0.25) is 0 Å². The van der Waals surface area contributed by atoms with Crippen molar-refractivity contribution in [3.05, 3.63) is 34.3 Å². The molecule has 3 heterocycles. The summed E-state index contributed by atoms with van der Waals surface area (Å²) in [5.74, 6) is 0.765. The quantitative estimate of drug-likeness (QED) is 0.690. The van der Waals surface area contributed by atoms with E-state index in [0.717, 1.165) is 40.6 Å². The Morgan fingerprint density at radius 3 is 2.73 bits per heavy atom.